The van der Waals surface area contributed by atoms with Crippen molar-refractivity contribution in [3.8, 4) is 0 Å². The molecule has 3 aromatic rings. The fraction of sp³-hybridized carbons (Fsp3) is 0.333. The smallest absolute Gasteiger partial charge is 0.251 e. The second-order valence-electron chi connectivity index (χ2n) is 8.44. The van der Waals surface area contributed by atoms with E-state index in [1.165, 1.54) is 5.56 Å². The molecule has 0 aliphatic rings. The van der Waals surface area contributed by atoms with Gasteiger partial charge in [0.15, 0.2) is 0 Å². The number of H-pyrrole nitrogens is 1. The number of aryl methyl sites for hydroxylation is 2. The van der Waals surface area contributed by atoms with Crippen LogP contribution in [0.2, 0.25) is 0 Å². The molecule has 0 atom stereocenters. The first-order chi connectivity index (χ1) is 13.2. The van der Waals surface area contributed by atoms with Gasteiger partial charge in [-0.15, -0.1) is 0 Å². The van der Waals surface area contributed by atoms with Crippen molar-refractivity contribution in [3.05, 3.63) is 80.6 Å². The van der Waals surface area contributed by atoms with Gasteiger partial charge in [0.2, 0.25) is 0 Å². The number of aromatic amines is 1. The lowest BCUT2D eigenvalue weighted by molar-refractivity contribution is 0.0954. The van der Waals surface area contributed by atoms with Crippen LogP contribution in [0.3, 0.4) is 0 Å². The maximum Gasteiger partial charge on any atom is 0.251 e. The monoisotopic (exact) mass is 376 g/mol. The van der Waals surface area contributed by atoms with Gasteiger partial charge in [0.25, 0.3) is 11.5 Å². The first kappa shape index (κ1) is 19.9. The Balaban J connectivity index is 1.69. The van der Waals surface area contributed by atoms with E-state index in [2.05, 4.69) is 37.1 Å². The van der Waals surface area contributed by atoms with E-state index in [9.17, 15) is 9.59 Å². The molecule has 2 N–H and O–H groups in total. The van der Waals surface area contributed by atoms with Crippen molar-refractivity contribution in [1.29, 1.82) is 0 Å². The van der Waals surface area contributed by atoms with Crippen LogP contribution in [0.25, 0.3) is 10.9 Å². The lowest BCUT2D eigenvalue weighted by atomic mass is 9.87. The summed E-state index contributed by atoms with van der Waals surface area (Å²) >= 11 is 0. The number of hydrogen-bond acceptors (Lipinski definition) is 2. The minimum absolute atomic E-state index is 0.0581. The highest BCUT2D eigenvalue weighted by Crippen LogP contribution is 2.22. The predicted octanol–water partition coefficient (Wildman–Crippen LogP) is 4.41. The average molecular weight is 377 g/mol. The first-order valence-electron chi connectivity index (χ1n) is 9.67. The van der Waals surface area contributed by atoms with Crippen LogP contribution in [0.4, 0.5) is 0 Å². The molecule has 146 valence electrons. The number of carbonyl (C=O) groups is 1. The largest absolute Gasteiger partial charge is 0.352 e. The Bertz CT molecular complexity index is 1070. The van der Waals surface area contributed by atoms with Gasteiger partial charge in [-0.1, -0.05) is 45.0 Å². The van der Waals surface area contributed by atoms with Crippen molar-refractivity contribution in [2.24, 2.45) is 0 Å². The standard InChI is InChI=1S/C24H28N2O2/c1-15-6-7-16(2)21-20(15)14-18(23(28)26-21)12-13-25-22(27)17-8-10-19(11-9-17)24(3,4)5/h6-11,14H,12-13H2,1-5H3,(H,25,27)(H,26,28). The number of benzene rings is 2. The van der Waals surface area contributed by atoms with Crippen molar-refractivity contribution in [1.82, 2.24) is 10.3 Å². The number of aromatic nitrogens is 1. The summed E-state index contributed by atoms with van der Waals surface area (Å²) in [6, 6.07) is 13.7. The lowest BCUT2D eigenvalue weighted by Crippen LogP contribution is -2.27. The molecule has 0 bridgehead atoms. The number of amides is 1. The molecular formula is C24H28N2O2. The van der Waals surface area contributed by atoms with Gasteiger partial charge >= 0.3 is 0 Å². The zero-order valence-corrected chi connectivity index (χ0v) is 17.3. The van der Waals surface area contributed by atoms with Gasteiger partial charge in [0.05, 0.1) is 5.52 Å². The van der Waals surface area contributed by atoms with Crippen LogP contribution in [-0.2, 0) is 11.8 Å². The number of pyridine rings is 1. The number of nitrogens with one attached hydrogen (secondary N) is 2. The predicted molar refractivity (Wildman–Crippen MR) is 115 cm³/mol. The third kappa shape index (κ3) is 4.16. The zero-order valence-electron chi connectivity index (χ0n) is 17.3. The van der Waals surface area contributed by atoms with E-state index >= 15 is 0 Å². The third-order valence-corrected chi connectivity index (χ3v) is 5.21. The van der Waals surface area contributed by atoms with Crippen molar-refractivity contribution in [3.63, 3.8) is 0 Å². The topological polar surface area (TPSA) is 62.0 Å². The Morgan fingerprint density at radius 2 is 1.64 bits per heavy atom. The number of hydrogen-bond donors (Lipinski definition) is 2. The van der Waals surface area contributed by atoms with E-state index in [1.54, 1.807) is 0 Å². The normalized spacial score (nSPS) is 11.6. The minimum atomic E-state index is -0.121. The Labute approximate surface area is 166 Å². The van der Waals surface area contributed by atoms with Crippen molar-refractivity contribution in [2.45, 2.75) is 46.5 Å². The van der Waals surface area contributed by atoms with Crippen LogP contribution >= 0.6 is 0 Å². The molecule has 1 aromatic heterocycles. The van der Waals surface area contributed by atoms with E-state index < -0.39 is 0 Å². The van der Waals surface area contributed by atoms with Gasteiger partial charge < -0.3 is 10.3 Å². The molecule has 2 aromatic carbocycles. The summed E-state index contributed by atoms with van der Waals surface area (Å²) in [5.41, 5.74) is 5.54. The number of rotatable bonds is 4. The van der Waals surface area contributed by atoms with Crippen LogP contribution in [0.15, 0.2) is 47.3 Å². The molecular weight excluding hydrogens is 348 g/mol. The van der Waals surface area contributed by atoms with E-state index in [0.29, 0.717) is 24.1 Å². The molecule has 0 fully saturated rings. The molecule has 0 unspecified atom stereocenters. The van der Waals surface area contributed by atoms with Gasteiger partial charge in [-0.3, -0.25) is 9.59 Å². The highest BCUT2D eigenvalue weighted by molar-refractivity contribution is 5.94. The van der Waals surface area contributed by atoms with Gasteiger partial charge in [-0.25, -0.2) is 0 Å². The first-order valence-corrected chi connectivity index (χ1v) is 9.67. The third-order valence-electron chi connectivity index (χ3n) is 5.21. The molecule has 28 heavy (non-hydrogen) atoms. The van der Waals surface area contributed by atoms with Gasteiger partial charge in [-0.2, -0.15) is 0 Å². The summed E-state index contributed by atoms with van der Waals surface area (Å²) in [5, 5.41) is 3.97. The molecule has 0 radical (unpaired) electrons. The molecule has 0 spiro atoms. The van der Waals surface area contributed by atoms with Crippen LogP contribution in [-0.4, -0.2) is 17.4 Å². The molecule has 1 heterocycles. The van der Waals surface area contributed by atoms with Gasteiger partial charge in [0.1, 0.15) is 0 Å². The quantitative estimate of drug-likeness (QED) is 0.708. The average Bonchev–Trinajstić information content (AvgIpc) is 2.65. The SMILES string of the molecule is Cc1ccc(C)c2[nH]c(=O)c(CCNC(=O)c3ccc(C(C)(C)C)cc3)cc12. The molecule has 0 saturated carbocycles. The molecule has 1 amide bonds. The Morgan fingerprint density at radius 1 is 1.00 bits per heavy atom. The number of carbonyl (C=O) groups excluding carboxylic acids is 1. The Kier molecular flexibility index (Phi) is 5.41. The molecule has 3 rings (SSSR count). The van der Waals surface area contributed by atoms with Crippen LogP contribution in [0.1, 0.15) is 53.4 Å². The summed E-state index contributed by atoms with van der Waals surface area (Å²) in [6.07, 6.45) is 0.491. The summed E-state index contributed by atoms with van der Waals surface area (Å²) in [6.45, 7) is 10.9. The zero-order chi connectivity index (χ0) is 20.5. The summed E-state index contributed by atoms with van der Waals surface area (Å²) in [4.78, 5) is 27.8. The van der Waals surface area contributed by atoms with Gasteiger partial charge in [0, 0.05) is 23.1 Å². The minimum Gasteiger partial charge on any atom is -0.352 e. The summed E-state index contributed by atoms with van der Waals surface area (Å²) in [7, 11) is 0. The Morgan fingerprint density at radius 3 is 2.29 bits per heavy atom. The van der Waals surface area contributed by atoms with Crippen LogP contribution in [0, 0.1) is 13.8 Å². The van der Waals surface area contributed by atoms with E-state index in [-0.39, 0.29) is 16.9 Å². The maximum atomic E-state index is 12.4. The lowest BCUT2D eigenvalue weighted by Gasteiger charge is -2.19. The second-order valence-corrected chi connectivity index (χ2v) is 8.44. The van der Waals surface area contributed by atoms with E-state index in [1.807, 2.05) is 50.2 Å². The molecule has 0 aliphatic heterocycles. The van der Waals surface area contributed by atoms with Crippen molar-refractivity contribution in [2.75, 3.05) is 6.54 Å². The molecule has 4 nitrogen and oxygen atoms in total. The highest BCUT2D eigenvalue weighted by atomic mass is 16.1. The van der Waals surface area contributed by atoms with E-state index in [4.69, 9.17) is 0 Å². The molecule has 0 saturated heterocycles. The second kappa shape index (κ2) is 7.63. The maximum absolute atomic E-state index is 12.4. The summed E-state index contributed by atoms with van der Waals surface area (Å²) < 4.78 is 0. The van der Waals surface area contributed by atoms with Crippen molar-refractivity contribution < 1.29 is 4.79 Å². The van der Waals surface area contributed by atoms with Gasteiger partial charge in [-0.05, 0) is 60.6 Å². The van der Waals surface area contributed by atoms with Crippen molar-refractivity contribution >= 4 is 16.8 Å². The fourth-order valence-corrected chi connectivity index (χ4v) is 3.34. The number of fused-ring (bicyclic) bond motifs is 1. The molecule has 4 heteroatoms. The summed E-state index contributed by atoms with van der Waals surface area (Å²) in [5.74, 6) is -0.121. The van der Waals surface area contributed by atoms with Crippen LogP contribution < -0.4 is 10.9 Å². The highest BCUT2D eigenvalue weighted by Gasteiger charge is 2.14. The van der Waals surface area contributed by atoms with Crippen LogP contribution in [0.5, 0.6) is 0 Å². The Hall–Kier alpha value is -2.88. The fourth-order valence-electron chi connectivity index (χ4n) is 3.34. The van der Waals surface area contributed by atoms with E-state index in [0.717, 1.165) is 22.0 Å². The molecule has 0 aliphatic carbocycles.